The number of rotatable bonds is 6. The van der Waals surface area contributed by atoms with Gasteiger partial charge in [0.05, 0.1) is 12.2 Å². The van der Waals surface area contributed by atoms with Crippen molar-refractivity contribution in [3.63, 3.8) is 0 Å². The van der Waals surface area contributed by atoms with Crippen LogP contribution in [0.1, 0.15) is 18.1 Å². The van der Waals surface area contributed by atoms with Crippen LogP contribution in [0.25, 0.3) is 5.76 Å². The standard InChI is InChI=1S/C15H14BrF4NO3/c1-3-24-15(23)8(6-21-5-4-16)14(22)9-7(2)10(17)12(19)13(20)11(9)18/h6,22H,3-5H2,1-2H3/b14-8-,21-6?. The number of nitrogens with zero attached hydrogens (tertiary/aromatic N) is 1. The van der Waals surface area contributed by atoms with E-state index < -0.39 is 51.7 Å². The summed E-state index contributed by atoms with van der Waals surface area (Å²) < 4.78 is 59.0. The molecule has 0 aliphatic heterocycles. The van der Waals surface area contributed by atoms with Crippen LogP contribution in [-0.2, 0) is 9.53 Å². The molecule has 0 heterocycles. The summed E-state index contributed by atoms with van der Waals surface area (Å²) in [6.45, 7) is 2.58. The quantitative estimate of drug-likeness (QED) is 0.113. The van der Waals surface area contributed by atoms with Crippen LogP contribution in [0.4, 0.5) is 17.6 Å². The average molecular weight is 412 g/mol. The fourth-order valence-electron chi connectivity index (χ4n) is 1.78. The molecule has 0 atom stereocenters. The lowest BCUT2D eigenvalue weighted by atomic mass is 10.0. The van der Waals surface area contributed by atoms with E-state index in [-0.39, 0.29) is 13.2 Å². The number of aliphatic hydroxyl groups excluding tert-OH is 1. The van der Waals surface area contributed by atoms with E-state index in [4.69, 9.17) is 4.74 Å². The Hall–Kier alpha value is -1.90. The molecule has 1 rings (SSSR count). The molecule has 1 N–H and O–H groups in total. The molecule has 0 aromatic heterocycles. The molecule has 0 fully saturated rings. The smallest absolute Gasteiger partial charge is 0.343 e. The minimum absolute atomic E-state index is 0.0600. The highest BCUT2D eigenvalue weighted by atomic mass is 79.9. The van der Waals surface area contributed by atoms with E-state index in [1.807, 2.05) is 0 Å². The van der Waals surface area contributed by atoms with Gasteiger partial charge in [0, 0.05) is 23.7 Å². The first kappa shape index (κ1) is 20.1. The molecule has 0 aliphatic rings. The minimum Gasteiger partial charge on any atom is -0.506 e. The van der Waals surface area contributed by atoms with Crippen LogP contribution in [0.3, 0.4) is 0 Å². The van der Waals surface area contributed by atoms with Crippen LogP contribution < -0.4 is 0 Å². The molecule has 0 spiro atoms. The molecule has 0 aliphatic carbocycles. The first-order valence-corrected chi connectivity index (χ1v) is 7.89. The van der Waals surface area contributed by atoms with E-state index in [1.165, 1.54) is 6.92 Å². The maximum absolute atomic E-state index is 14.0. The normalized spacial score (nSPS) is 12.5. The second kappa shape index (κ2) is 8.81. The Bertz CT molecular complexity index is 675. The largest absolute Gasteiger partial charge is 0.506 e. The first-order chi connectivity index (χ1) is 11.3. The van der Waals surface area contributed by atoms with Gasteiger partial charge in [-0.25, -0.2) is 22.4 Å². The number of halogens is 5. The maximum Gasteiger partial charge on any atom is 0.343 e. The number of carbonyl (C=O) groups excluding carboxylic acids is 1. The van der Waals surface area contributed by atoms with Gasteiger partial charge in [-0.15, -0.1) is 0 Å². The molecule has 0 saturated carbocycles. The van der Waals surface area contributed by atoms with E-state index in [0.717, 1.165) is 13.1 Å². The Morgan fingerprint density at radius 1 is 1.21 bits per heavy atom. The number of benzene rings is 1. The molecular weight excluding hydrogens is 398 g/mol. The topological polar surface area (TPSA) is 58.9 Å². The number of hydrogen-bond donors (Lipinski definition) is 1. The lowest BCUT2D eigenvalue weighted by molar-refractivity contribution is -0.137. The Balaban J connectivity index is 3.64. The number of aliphatic imine (C=N–C) groups is 1. The van der Waals surface area contributed by atoms with Crippen molar-refractivity contribution in [2.45, 2.75) is 13.8 Å². The second-order valence-electron chi connectivity index (χ2n) is 4.46. The summed E-state index contributed by atoms with van der Waals surface area (Å²) >= 11 is 3.09. The van der Waals surface area contributed by atoms with E-state index in [1.54, 1.807) is 0 Å². The van der Waals surface area contributed by atoms with Crippen molar-refractivity contribution in [2.75, 3.05) is 18.5 Å². The number of ether oxygens (including phenoxy) is 1. The lowest BCUT2D eigenvalue weighted by Crippen LogP contribution is -2.14. The monoisotopic (exact) mass is 411 g/mol. The molecule has 0 unspecified atom stereocenters. The molecule has 4 nitrogen and oxygen atoms in total. The molecule has 132 valence electrons. The van der Waals surface area contributed by atoms with Crippen molar-refractivity contribution in [2.24, 2.45) is 4.99 Å². The second-order valence-corrected chi connectivity index (χ2v) is 5.26. The number of hydrogen-bond acceptors (Lipinski definition) is 4. The number of esters is 1. The van der Waals surface area contributed by atoms with Gasteiger partial charge in [-0.2, -0.15) is 0 Å². The molecule has 24 heavy (non-hydrogen) atoms. The van der Waals surface area contributed by atoms with Gasteiger partial charge in [0.1, 0.15) is 11.3 Å². The number of alkyl halides is 1. The van der Waals surface area contributed by atoms with Gasteiger partial charge in [0.25, 0.3) is 0 Å². The van der Waals surface area contributed by atoms with E-state index in [9.17, 15) is 27.5 Å². The van der Waals surface area contributed by atoms with Crippen molar-refractivity contribution in [3.05, 3.63) is 40.0 Å². The van der Waals surface area contributed by atoms with Crippen molar-refractivity contribution >= 4 is 33.9 Å². The van der Waals surface area contributed by atoms with Gasteiger partial charge in [-0.05, 0) is 13.8 Å². The highest BCUT2D eigenvalue weighted by Crippen LogP contribution is 2.29. The molecule has 1 aromatic rings. The van der Waals surface area contributed by atoms with Crippen LogP contribution in [0, 0.1) is 30.2 Å². The van der Waals surface area contributed by atoms with E-state index in [0.29, 0.717) is 5.33 Å². The summed E-state index contributed by atoms with van der Waals surface area (Å²) in [6.07, 6.45) is 0.895. The Labute approximate surface area is 144 Å². The SMILES string of the molecule is CCOC(=O)/C(C=NCCBr)=C(\O)c1c(C)c(F)c(F)c(F)c1F. The molecule has 0 saturated heterocycles. The highest BCUT2D eigenvalue weighted by molar-refractivity contribution is 9.09. The van der Waals surface area contributed by atoms with Gasteiger partial charge in [0.2, 0.25) is 0 Å². The number of aliphatic hydroxyl groups is 1. The summed E-state index contributed by atoms with van der Waals surface area (Å²) in [5.74, 6) is -9.76. The van der Waals surface area contributed by atoms with E-state index >= 15 is 0 Å². The molecule has 1 aromatic carbocycles. The third kappa shape index (κ3) is 4.14. The third-order valence-corrected chi connectivity index (χ3v) is 3.28. The zero-order chi connectivity index (χ0) is 18.4. The van der Waals surface area contributed by atoms with Gasteiger partial charge >= 0.3 is 5.97 Å². The fourth-order valence-corrected chi connectivity index (χ4v) is 1.99. The summed E-state index contributed by atoms with van der Waals surface area (Å²) in [4.78, 5) is 15.7. The van der Waals surface area contributed by atoms with Crippen LogP contribution in [0.2, 0.25) is 0 Å². The Kier molecular flexibility index (Phi) is 7.40. The van der Waals surface area contributed by atoms with Crippen LogP contribution in [-0.4, -0.2) is 35.8 Å². The van der Waals surface area contributed by atoms with Crippen molar-refractivity contribution < 1.29 is 32.2 Å². The lowest BCUT2D eigenvalue weighted by Gasteiger charge is -2.12. The molecule has 0 radical (unpaired) electrons. The zero-order valence-corrected chi connectivity index (χ0v) is 14.4. The van der Waals surface area contributed by atoms with Gasteiger partial charge in [0.15, 0.2) is 23.3 Å². The van der Waals surface area contributed by atoms with Crippen LogP contribution >= 0.6 is 15.9 Å². The molecule has 9 heteroatoms. The van der Waals surface area contributed by atoms with E-state index in [2.05, 4.69) is 20.9 Å². The highest BCUT2D eigenvalue weighted by Gasteiger charge is 2.28. The van der Waals surface area contributed by atoms with Crippen LogP contribution in [0.15, 0.2) is 10.6 Å². The Morgan fingerprint density at radius 3 is 2.33 bits per heavy atom. The third-order valence-electron chi connectivity index (χ3n) is 2.92. The molecular formula is C15H14BrF4NO3. The van der Waals surface area contributed by atoms with Gasteiger partial charge in [-0.3, -0.25) is 4.99 Å². The van der Waals surface area contributed by atoms with Crippen molar-refractivity contribution in [3.8, 4) is 0 Å². The molecule has 0 amide bonds. The minimum atomic E-state index is -2.10. The van der Waals surface area contributed by atoms with Gasteiger partial charge in [-0.1, -0.05) is 15.9 Å². The summed E-state index contributed by atoms with van der Waals surface area (Å²) in [5, 5.41) is 10.6. The zero-order valence-electron chi connectivity index (χ0n) is 12.8. The average Bonchev–Trinajstić information content (AvgIpc) is 2.55. The predicted molar refractivity (Wildman–Crippen MR) is 84.3 cm³/mol. The fraction of sp³-hybridized carbons (Fsp3) is 0.333. The van der Waals surface area contributed by atoms with Crippen LogP contribution in [0.5, 0.6) is 0 Å². The first-order valence-electron chi connectivity index (χ1n) is 6.76. The Morgan fingerprint density at radius 2 is 1.79 bits per heavy atom. The van der Waals surface area contributed by atoms with Crippen molar-refractivity contribution in [1.29, 1.82) is 0 Å². The maximum atomic E-state index is 14.0. The van der Waals surface area contributed by atoms with Gasteiger partial charge < -0.3 is 9.84 Å². The van der Waals surface area contributed by atoms with Crippen molar-refractivity contribution in [1.82, 2.24) is 0 Å². The summed E-state index contributed by atoms with van der Waals surface area (Å²) in [5.41, 5.74) is -2.27. The predicted octanol–water partition coefficient (Wildman–Crippen LogP) is 3.85. The number of carbonyl (C=O) groups is 1. The molecule has 0 bridgehead atoms. The summed E-state index contributed by atoms with van der Waals surface area (Å²) in [7, 11) is 0. The summed E-state index contributed by atoms with van der Waals surface area (Å²) in [6, 6.07) is 0.